The van der Waals surface area contributed by atoms with Crippen LogP contribution in [0.1, 0.15) is 65.5 Å². The molecule has 0 aliphatic heterocycles. The second-order valence-electron chi connectivity index (χ2n) is 15.2. The molecule has 2 amide bonds. The van der Waals surface area contributed by atoms with E-state index in [1.165, 1.54) is 14.0 Å². The number of allylic oxidation sites excluding steroid dienone is 1. The van der Waals surface area contributed by atoms with Gasteiger partial charge in [0.15, 0.2) is 5.78 Å². The molecule has 0 bridgehead atoms. The molecular formula is C41H58ClN3O9. The summed E-state index contributed by atoms with van der Waals surface area (Å²) in [4.78, 5) is 65.1. The Hall–Kier alpha value is -4.23. The maximum Gasteiger partial charge on any atom is 0.362 e. The van der Waals surface area contributed by atoms with E-state index in [-0.39, 0.29) is 44.4 Å². The van der Waals surface area contributed by atoms with Crippen molar-refractivity contribution in [3.05, 3.63) is 83.9 Å². The first kappa shape index (κ1) is 45.9. The SMILES string of the molecule is C=CCC(C(C)C)[C@](CC(C)(C)C)(NCC(=O)C(C)(CO)CNC(=O)C(Cc1ccc(OC)c(Cl)c1)NC(=O)C=C)C(=O)OOCc1ccc(OC)cc1. The molecule has 0 aliphatic carbocycles. The van der Waals surface area contributed by atoms with E-state index in [4.69, 9.17) is 30.8 Å². The number of ether oxygens (including phenoxy) is 2. The van der Waals surface area contributed by atoms with E-state index in [0.29, 0.717) is 28.5 Å². The third kappa shape index (κ3) is 13.3. The third-order valence-corrected chi connectivity index (χ3v) is 9.56. The Kier molecular flexibility index (Phi) is 17.9. The Labute approximate surface area is 324 Å². The summed E-state index contributed by atoms with van der Waals surface area (Å²) in [5.74, 6) is -1.65. The maximum absolute atomic E-state index is 14.3. The Bertz CT molecular complexity index is 1590. The predicted molar refractivity (Wildman–Crippen MR) is 209 cm³/mol. The van der Waals surface area contributed by atoms with Crippen LogP contribution in [-0.2, 0) is 42.0 Å². The monoisotopic (exact) mass is 771 g/mol. The molecule has 0 spiro atoms. The highest BCUT2D eigenvalue weighted by Gasteiger charge is 2.51. The van der Waals surface area contributed by atoms with Crippen LogP contribution in [0, 0.1) is 22.7 Å². The number of rotatable bonds is 23. The summed E-state index contributed by atoms with van der Waals surface area (Å²) < 4.78 is 10.4. The number of aliphatic hydroxyl groups excluding tert-OH is 1. The van der Waals surface area contributed by atoms with Gasteiger partial charge in [0.25, 0.3) is 0 Å². The number of hydrogen-bond donors (Lipinski definition) is 4. The number of halogens is 1. The highest BCUT2D eigenvalue weighted by Crippen LogP contribution is 2.39. The molecule has 0 fully saturated rings. The largest absolute Gasteiger partial charge is 0.497 e. The number of carbonyl (C=O) groups is 4. The van der Waals surface area contributed by atoms with Crippen LogP contribution in [0.25, 0.3) is 0 Å². The van der Waals surface area contributed by atoms with Crippen molar-refractivity contribution in [3.8, 4) is 11.5 Å². The quantitative estimate of drug-likeness (QED) is 0.0489. The molecule has 2 aromatic carbocycles. The van der Waals surface area contributed by atoms with Crippen molar-refractivity contribution in [1.29, 1.82) is 0 Å². The summed E-state index contributed by atoms with van der Waals surface area (Å²) in [7, 11) is 3.05. The molecule has 0 radical (unpaired) electrons. The molecule has 298 valence electrons. The van der Waals surface area contributed by atoms with Crippen molar-refractivity contribution in [2.24, 2.45) is 22.7 Å². The zero-order valence-corrected chi connectivity index (χ0v) is 33.6. The van der Waals surface area contributed by atoms with Crippen LogP contribution in [0.4, 0.5) is 0 Å². The van der Waals surface area contributed by atoms with Gasteiger partial charge < -0.3 is 25.2 Å². The molecule has 54 heavy (non-hydrogen) atoms. The fraction of sp³-hybridized carbons (Fsp3) is 0.512. The van der Waals surface area contributed by atoms with Gasteiger partial charge in [-0.15, -0.1) is 6.58 Å². The van der Waals surface area contributed by atoms with Gasteiger partial charge in [-0.25, -0.2) is 4.79 Å². The van der Waals surface area contributed by atoms with E-state index in [9.17, 15) is 24.3 Å². The Morgan fingerprint density at radius 2 is 1.61 bits per heavy atom. The van der Waals surface area contributed by atoms with Gasteiger partial charge in [0.2, 0.25) is 11.8 Å². The first-order chi connectivity index (χ1) is 25.4. The second-order valence-corrected chi connectivity index (χ2v) is 15.6. The second kappa shape index (κ2) is 21.0. The summed E-state index contributed by atoms with van der Waals surface area (Å²) in [6, 6.07) is 11.1. The Morgan fingerprint density at radius 1 is 0.963 bits per heavy atom. The number of Topliss-reactive ketones (excluding diaryl/α,β-unsaturated/α-hetero) is 1. The molecule has 2 aromatic rings. The first-order valence-electron chi connectivity index (χ1n) is 17.9. The Balaban J connectivity index is 2.35. The van der Waals surface area contributed by atoms with Crippen LogP contribution in [0.5, 0.6) is 11.5 Å². The smallest absolute Gasteiger partial charge is 0.362 e. The molecule has 0 saturated heterocycles. The molecule has 0 saturated carbocycles. The Morgan fingerprint density at radius 3 is 2.13 bits per heavy atom. The van der Waals surface area contributed by atoms with Crippen LogP contribution in [0.15, 0.2) is 67.8 Å². The normalized spacial score (nSPS) is 14.8. The summed E-state index contributed by atoms with van der Waals surface area (Å²) >= 11 is 6.29. The molecule has 0 heterocycles. The molecule has 0 aliphatic rings. The molecule has 4 N–H and O–H groups in total. The molecule has 13 heteroatoms. The van der Waals surface area contributed by atoms with E-state index in [1.54, 1.807) is 55.7 Å². The molecule has 0 aromatic heterocycles. The first-order valence-corrected chi connectivity index (χ1v) is 18.3. The average molecular weight is 772 g/mol. The van der Waals surface area contributed by atoms with E-state index >= 15 is 0 Å². The maximum atomic E-state index is 14.3. The van der Waals surface area contributed by atoms with Crippen LogP contribution < -0.4 is 25.4 Å². The van der Waals surface area contributed by atoms with Gasteiger partial charge in [-0.1, -0.05) is 77.1 Å². The van der Waals surface area contributed by atoms with Crippen molar-refractivity contribution < 1.29 is 43.5 Å². The lowest BCUT2D eigenvalue weighted by Gasteiger charge is -2.44. The van der Waals surface area contributed by atoms with Gasteiger partial charge in [-0.2, -0.15) is 4.89 Å². The van der Waals surface area contributed by atoms with Gasteiger partial charge in [0.1, 0.15) is 29.7 Å². The van der Waals surface area contributed by atoms with Crippen LogP contribution in [-0.4, -0.2) is 74.2 Å². The summed E-state index contributed by atoms with van der Waals surface area (Å²) in [5.41, 5.74) is -1.93. The highest BCUT2D eigenvalue weighted by molar-refractivity contribution is 6.32. The lowest BCUT2D eigenvalue weighted by Crippen LogP contribution is -2.63. The van der Waals surface area contributed by atoms with E-state index < -0.39 is 52.6 Å². The van der Waals surface area contributed by atoms with Gasteiger partial charge >= 0.3 is 5.97 Å². The van der Waals surface area contributed by atoms with Crippen molar-refractivity contribution in [2.45, 2.75) is 79.0 Å². The lowest BCUT2D eigenvalue weighted by molar-refractivity contribution is -0.288. The van der Waals surface area contributed by atoms with Crippen LogP contribution in [0.3, 0.4) is 0 Å². The molecule has 12 nitrogen and oxygen atoms in total. The molecule has 2 rings (SSSR count). The van der Waals surface area contributed by atoms with Crippen LogP contribution in [0.2, 0.25) is 5.02 Å². The number of amides is 2. The number of ketones is 1. The minimum absolute atomic E-state index is 0.0178. The molecular weight excluding hydrogens is 714 g/mol. The van der Waals surface area contributed by atoms with E-state index in [0.717, 1.165) is 11.6 Å². The van der Waals surface area contributed by atoms with Crippen molar-refractivity contribution in [2.75, 3.05) is 33.9 Å². The standard InChI is InChI=1S/C41H58ClN3O9/c1-11-13-31(27(3)4)41(24-39(5,6)7,38(50)54-53-23-28-14-17-30(51-9)18-15-28)44-22-35(47)40(8,26-46)25-43-37(49)33(45-36(48)12-2)21-29-16-19-34(52-10)32(42)20-29/h11-12,14-20,27,31,33,44,46H,1-2,13,21-26H2,3-10H3,(H,43,49)(H,45,48)/t31?,33?,40?,41-/m0/s1. The zero-order chi connectivity index (χ0) is 40.7. The van der Waals surface area contributed by atoms with E-state index in [2.05, 4.69) is 29.1 Å². The highest BCUT2D eigenvalue weighted by atomic mass is 35.5. The topological polar surface area (TPSA) is 162 Å². The number of carbonyl (C=O) groups excluding carboxylic acids is 4. The van der Waals surface area contributed by atoms with Crippen molar-refractivity contribution in [3.63, 3.8) is 0 Å². The fourth-order valence-corrected chi connectivity index (χ4v) is 6.52. The molecule has 3 unspecified atom stereocenters. The minimum atomic E-state index is -1.48. The zero-order valence-electron chi connectivity index (χ0n) is 32.9. The average Bonchev–Trinajstić information content (AvgIpc) is 3.13. The van der Waals surface area contributed by atoms with Crippen LogP contribution >= 0.6 is 11.6 Å². The lowest BCUT2D eigenvalue weighted by atomic mass is 9.67. The summed E-state index contributed by atoms with van der Waals surface area (Å²) in [5, 5.41) is 19.5. The van der Waals surface area contributed by atoms with Crippen molar-refractivity contribution >= 4 is 35.2 Å². The van der Waals surface area contributed by atoms with Crippen molar-refractivity contribution in [1.82, 2.24) is 16.0 Å². The van der Waals surface area contributed by atoms with Gasteiger partial charge in [0, 0.05) is 13.0 Å². The number of methoxy groups -OCH3 is 2. The number of nitrogens with one attached hydrogen (secondary N) is 3. The minimum Gasteiger partial charge on any atom is -0.497 e. The number of aliphatic hydroxyl groups is 1. The third-order valence-electron chi connectivity index (χ3n) is 9.26. The van der Waals surface area contributed by atoms with E-state index in [1.807, 2.05) is 34.6 Å². The summed E-state index contributed by atoms with van der Waals surface area (Å²) in [6.07, 6.45) is 3.53. The predicted octanol–water partition coefficient (Wildman–Crippen LogP) is 5.54. The number of hydrogen-bond acceptors (Lipinski definition) is 10. The van der Waals surface area contributed by atoms with Gasteiger partial charge in [-0.05, 0) is 78.5 Å². The van der Waals surface area contributed by atoms with Gasteiger partial charge in [-0.3, -0.25) is 24.6 Å². The fourth-order valence-electron chi connectivity index (χ4n) is 6.24. The van der Waals surface area contributed by atoms with Gasteiger partial charge in [0.05, 0.1) is 37.8 Å². The molecule has 4 atom stereocenters. The number of benzene rings is 2. The summed E-state index contributed by atoms with van der Waals surface area (Å²) in [6.45, 7) is 17.6.